The zero-order chi connectivity index (χ0) is 29.4. The molecule has 2 heterocycles. The molecule has 13 heteroatoms. The molecule has 1 aliphatic heterocycles. The highest BCUT2D eigenvalue weighted by atomic mass is 35.5. The van der Waals surface area contributed by atoms with Gasteiger partial charge in [0.25, 0.3) is 25.2 Å². The minimum Gasteiger partial charge on any atom is -0.439 e. The molecule has 0 atom stereocenters. The summed E-state index contributed by atoms with van der Waals surface area (Å²) in [6, 6.07) is 20.5. The monoisotopic (exact) mass is 633 g/mol. The van der Waals surface area contributed by atoms with E-state index in [1.54, 1.807) is 24.3 Å². The maximum atomic E-state index is 11.8. The Balaban J connectivity index is 1.60. The van der Waals surface area contributed by atoms with Gasteiger partial charge in [-0.05, 0) is 47.4 Å². The smallest absolute Gasteiger partial charge is 0.283 e. The molecule has 0 radical (unpaired) electrons. The van der Waals surface area contributed by atoms with E-state index in [0.717, 1.165) is 31.9 Å². The third-order valence-electron chi connectivity index (χ3n) is 6.42. The van der Waals surface area contributed by atoms with Gasteiger partial charge in [-0.15, -0.1) is 0 Å². The van der Waals surface area contributed by atoms with Crippen LogP contribution in [0.3, 0.4) is 0 Å². The van der Waals surface area contributed by atoms with E-state index >= 15 is 0 Å². The summed E-state index contributed by atoms with van der Waals surface area (Å²) in [5.41, 5.74) is 3.92. The molecule has 9 nitrogen and oxygen atoms in total. The Labute approximate surface area is 247 Å². The Bertz CT molecular complexity index is 1900. The Morgan fingerprint density at radius 2 is 1.76 bits per heavy atom. The minimum absolute atomic E-state index is 0.0196. The van der Waals surface area contributed by atoms with Crippen molar-refractivity contribution in [3.8, 4) is 16.9 Å². The topological polar surface area (TPSA) is 125 Å². The number of aromatic nitrogens is 1. The van der Waals surface area contributed by atoms with Crippen LogP contribution in [0.4, 0.5) is 5.69 Å². The molecule has 1 aliphatic rings. The molecule has 3 aromatic carbocycles. The van der Waals surface area contributed by atoms with Crippen molar-refractivity contribution in [2.24, 2.45) is 0 Å². The molecule has 4 aromatic rings. The molecule has 0 bridgehead atoms. The number of halogens is 1. The van der Waals surface area contributed by atoms with Gasteiger partial charge in [-0.2, -0.15) is 21.4 Å². The summed E-state index contributed by atoms with van der Waals surface area (Å²) in [6.07, 6.45) is 4.06. The fourth-order valence-electron chi connectivity index (χ4n) is 4.50. The van der Waals surface area contributed by atoms with Gasteiger partial charge in [0.1, 0.15) is 10.5 Å². The Kier molecular flexibility index (Phi) is 8.24. The van der Waals surface area contributed by atoms with Gasteiger partial charge in [0.2, 0.25) is 11.4 Å². The maximum absolute atomic E-state index is 11.8. The number of ether oxygens (including phenoxy) is 1. The lowest BCUT2D eigenvalue weighted by Crippen LogP contribution is -2.38. The van der Waals surface area contributed by atoms with E-state index in [-0.39, 0.29) is 12.4 Å². The van der Waals surface area contributed by atoms with Crippen LogP contribution in [0.5, 0.6) is 5.75 Å². The summed E-state index contributed by atoms with van der Waals surface area (Å²) < 4.78 is 74.8. The van der Waals surface area contributed by atoms with Gasteiger partial charge < -0.3 is 4.74 Å². The number of thiazole rings is 1. The summed E-state index contributed by atoms with van der Waals surface area (Å²) in [4.78, 5) is 1.32. The molecule has 0 amide bonds. The molecule has 0 saturated carbocycles. The number of benzene rings is 3. The second-order valence-corrected chi connectivity index (χ2v) is 13.8. The Morgan fingerprint density at radius 1 is 1.00 bits per heavy atom. The fourth-order valence-corrected chi connectivity index (χ4v) is 6.81. The van der Waals surface area contributed by atoms with Gasteiger partial charge >= 0.3 is 0 Å². The molecule has 1 aromatic heterocycles. The molecule has 2 N–H and O–H groups in total. The van der Waals surface area contributed by atoms with Crippen LogP contribution in [-0.2, 0) is 26.8 Å². The van der Waals surface area contributed by atoms with Crippen molar-refractivity contribution in [3.63, 3.8) is 0 Å². The molecular formula is C28H26ClN2O7S3+. The lowest BCUT2D eigenvalue weighted by molar-refractivity contribution is -0.664. The van der Waals surface area contributed by atoms with Crippen molar-refractivity contribution >= 4 is 65.2 Å². The van der Waals surface area contributed by atoms with E-state index in [2.05, 4.69) is 0 Å². The number of allylic oxidation sites excluding steroid dienone is 2. The lowest BCUT2D eigenvalue weighted by Gasteiger charge is -2.16. The van der Waals surface area contributed by atoms with Crippen molar-refractivity contribution in [3.05, 3.63) is 94.3 Å². The first-order valence-corrected chi connectivity index (χ1v) is 16.9. The Hall–Kier alpha value is -3.26. The minimum atomic E-state index is -4.41. The van der Waals surface area contributed by atoms with Gasteiger partial charge in [0.05, 0.1) is 5.69 Å². The molecule has 0 spiro atoms. The highest BCUT2D eigenvalue weighted by Crippen LogP contribution is 2.41. The van der Waals surface area contributed by atoms with Crippen LogP contribution >= 0.6 is 22.9 Å². The average Bonchev–Trinajstić information content (AvgIpc) is 3.42. The highest BCUT2D eigenvalue weighted by Gasteiger charge is 2.30. The number of rotatable bonds is 9. The van der Waals surface area contributed by atoms with E-state index in [9.17, 15) is 25.9 Å². The van der Waals surface area contributed by atoms with Crippen LogP contribution in [-0.4, -0.2) is 37.6 Å². The molecular weight excluding hydrogens is 608 g/mol. The van der Waals surface area contributed by atoms with E-state index in [1.165, 1.54) is 16.2 Å². The van der Waals surface area contributed by atoms with Crippen LogP contribution in [0.15, 0.2) is 84.3 Å². The maximum Gasteiger partial charge on any atom is 0.283 e. The average molecular weight is 634 g/mol. The number of hydrogen-bond donors (Lipinski definition) is 2. The second kappa shape index (κ2) is 11.6. The summed E-state index contributed by atoms with van der Waals surface area (Å²) >= 11 is 7.58. The summed E-state index contributed by atoms with van der Waals surface area (Å²) in [5.74, 6) is -0.630. The second-order valence-electron chi connectivity index (χ2n) is 9.34. The van der Waals surface area contributed by atoms with Crippen molar-refractivity contribution in [1.29, 1.82) is 0 Å². The summed E-state index contributed by atoms with van der Waals surface area (Å²) in [5, 5.41) is 1.10. The highest BCUT2D eigenvalue weighted by molar-refractivity contribution is 7.86. The van der Waals surface area contributed by atoms with Gasteiger partial charge in [0.15, 0.2) is 18.2 Å². The van der Waals surface area contributed by atoms with Crippen LogP contribution in [0, 0.1) is 0 Å². The van der Waals surface area contributed by atoms with E-state index in [0.29, 0.717) is 22.9 Å². The Morgan fingerprint density at radius 3 is 2.44 bits per heavy atom. The van der Waals surface area contributed by atoms with E-state index < -0.39 is 31.9 Å². The normalized spacial score (nSPS) is 15.0. The van der Waals surface area contributed by atoms with Crippen LogP contribution < -0.4 is 14.2 Å². The molecule has 0 fully saturated rings. The molecule has 0 aliphatic carbocycles. The van der Waals surface area contributed by atoms with Crippen molar-refractivity contribution < 1.29 is 35.2 Å². The van der Waals surface area contributed by atoms with Crippen molar-refractivity contribution in [1.82, 2.24) is 0 Å². The number of hydrogen-bond acceptors (Lipinski definition) is 7. The van der Waals surface area contributed by atoms with Crippen LogP contribution in [0.2, 0.25) is 5.02 Å². The number of nitrogens with zero attached hydrogens (tertiary/aromatic N) is 2. The first-order chi connectivity index (χ1) is 19.4. The first-order valence-electron chi connectivity index (χ1n) is 12.5. The van der Waals surface area contributed by atoms with Gasteiger partial charge in [0, 0.05) is 23.2 Å². The van der Waals surface area contributed by atoms with E-state index in [1.807, 2.05) is 66.1 Å². The van der Waals surface area contributed by atoms with Gasteiger partial charge in [-0.3, -0.25) is 14.0 Å². The number of anilines is 1. The van der Waals surface area contributed by atoms with Gasteiger partial charge in [-0.25, -0.2) is 0 Å². The SMILES string of the molecule is CCC(/C=C1\Oc2ccc(Cl)cc2N1CS(=O)(=O)O)=C\c1sc2ccc(-c3ccccc3)cc2[n+]1CCS(=O)(=O)O. The fraction of sp³-hybridized carbons (Fsp3) is 0.179. The quantitative estimate of drug-likeness (QED) is 0.176. The molecule has 41 heavy (non-hydrogen) atoms. The predicted octanol–water partition coefficient (Wildman–Crippen LogP) is 5.78. The standard InChI is InChI=1S/C28H25ClN2O7S3/c1-2-19(14-27-31(18-41(35,36)37)23-17-22(29)9-10-25(23)38-27)15-28-30(12-13-40(32,33)34)24-16-21(8-11-26(24)39-28)20-6-4-3-5-7-20/h3-11,14-17H,2,12-13,18H2,1H3,(H-,32,33,34,35,36,37)/p+1. The van der Waals surface area contributed by atoms with Gasteiger partial charge in [-0.1, -0.05) is 66.3 Å². The molecule has 0 saturated heterocycles. The molecule has 0 unspecified atom stereocenters. The largest absolute Gasteiger partial charge is 0.439 e. The summed E-state index contributed by atoms with van der Waals surface area (Å²) in [7, 11) is -8.64. The van der Waals surface area contributed by atoms with Crippen molar-refractivity contribution in [2.75, 3.05) is 16.5 Å². The third kappa shape index (κ3) is 6.97. The van der Waals surface area contributed by atoms with Crippen LogP contribution in [0.1, 0.15) is 18.4 Å². The number of fused-ring (bicyclic) bond motifs is 2. The van der Waals surface area contributed by atoms with Crippen molar-refractivity contribution in [2.45, 2.75) is 19.9 Å². The molecule has 5 rings (SSSR count). The predicted molar refractivity (Wildman–Crippen MR) is 161 cm³/mol. The zero-order valence-electron chi connectivity index (χ0n) is 21.8. The first kappa shape index (κ1) is 29.2. The lowest BCUT2D eigenvalue weighted by atomic mass is 10.1. The third-order valence-corrected chi connectivity index (χ3v) is 9.05. The van der Waals surface area contributed by atoms with E-state index in [4.69, 9.17) is 16.3 Å². The molecule has 214 valence electrons. The zero-order valence-corrected chi connectivity index (χ0v) is 25.0. The number of aryl methyl sites for hydroxylation is 1. The summed E-state index contributed by atoms with van der Waals surface area (Å²) in [6.45, 7) is 1.93. The van der Waals surface area contributed by atoms with Crippen LogP contribution in [0.25, 0.3) is 27.4 Å².